The van der Waals surface area contributed by atoms with Crippen LogP contribution in [0, 0.1) is 12.7 Å². The standard InChI is InChI=1S/C23H23ClFNO4/c1-5-29-19-9-6-14(10-17(19)25)21-16-11-15(24)7-8-18(16)26-13(4)20(21)22(23(27)28)30-12(2)3/h6-12,22H,5H2,1-4H3,(H,27,28). The number of carboxylic acid groups (broad SMARTS) is 1. The van der Waals surface area contributed by atoms with Gasteiger partial charge in [0.25, 0.3) is 0 Å². The highest BCUT2D eigenvalue weighted by molar-refractivity contribution is 6.31. The van der Waals surface area contributed by atoms with E-state index in [0.717, 1.165) is 0 Å². The number of aliphatic carboxylic acids is 1. The van der Waals surface area contributed by atoms with E-state index in [2.05, 4.69) is 4.98 Å². The number of pyridine rings is 1. The second kappa shape index (κ2) is 8.98. The lowest BCUT2D eigenvalue weighted by Gasteiger charge is -2.23. The van der Waals surface area contributed by atoms with Crippen molar-refractivity contribution in [3.05, 3.63) is 58.5 Å². The molecule has 0 radical (unpaired) electrons. The molecule has 1 N–H and O–H groups in total. The molecule has 3 aromatic rings. The van der Waals surface area contributed by atoms with Crippen molar-refractivity contribution >= 4 is 28.5 Å². The van der Waals surface area contributed by atoms with Crippen molar-refractivity contribution in [1.29, 1.82) is 0 Å². The van der Waals surface area contributed by atoms with E-state index < -0.39 is 17.9 Å². The van der Waals surface area contributed by atoms with Crippen LogP contribution in [0.5, 0.6) is 5.75 Å². The van der Waals surface area contributed by atoms with Gasteiger partial charge in [-0.05, 0) is 69.2 Å². The van der Waals surface area contributed by atoms with Gasteiger partial charge in [-0.1, -0.05) is 17.7 Å². The summed E-state index contributed by atoms with van der Waals surface area (Å²) in [7, 11) is 0. The van der Waals surface area contributed by atoms with Gasteiger partial charge in [0, 0.05) is 21.7 Å². The fourth-order valence-electron chi connectivity index (χ4n) is 3.46. The van der Waals surface area contributed by atoms with E-state index in [9.17, 15) is 14.3 Å². The summed E-state index contributed by atoms with van der Waals surface area (Å²) in [5.41, 5.74) is 2.49. The highest BCUT2D eigenvalue weighted by Crippen LogP contribution is 2.40. The number of hydrogen-bond acceptors (Lipinski definition) is 4. The molecule has 0 aliphatic carbocycles. The number of aromatic nitrogens is 1. The summed E-state index contributed by atoms with van der Waals surface area (Å²) in [6.07, 6.45) is -1.61. The maximum Gasteiger partial charge on any atom is 0.337 e. The lowest BCUT2D eigenvalue weighted by molar-refractivity contribution is -0.153. The number of halogens is 2. The van der Waals surface area contributed by atoms with E-state index in [1.807, 2.05) is 0 Å². The molecule has 1 aromatic heterocycles. The molecule has 0 bridgehead atoms. The highest BCUT2D eigenvalue weighted by atomic mass is 35.5. The van der Waals surface area contributed by atoms with Gasteiger partial charge < -0.3 is 14.6 Å². The summed E-state index contributed by atoms with van der Waals surface area (Å²) in [6.45, 7) is 7.34. The van der Waals surface area contributed by atoms with Crippen molar-refractivity contribution < 1.29 is 23.8 Å². The van der Waals surface area contributed by atoms with Crippen LogP contribution >= 0.6 is 11.6 Å². The van der Waals surface area contributed by atoms with Crippen molar-refractivity contribution in [2.24, 2.45) is 0 Å². The molecule has 0 saturated heterocycles. The Kier molecular flexibility index (Phi) is 6.58. The number of benzene rings is 2. The van der Waals surface area contributed by atoms with E-state index in [-0.39, 0.29) is 11.9 Å². The second-order valence-electron chi connectivity index (χ2n) is 7.13. The highest BCUT2D eigenvalue weighted by Gasteiger charge is 2.29. The van der Waals surface area contributed by atoms with E-state index in [0.29, 0.717) is 44.9 Å². The Hall–Kier alpha value is -2.70. The fourth-order valence-corrected chi connectivity index (χ4v) is 3.63. The zero-order valence-electron chi connectivity index (χ0n) is 17.2. The van der Waals surface area contributed by atoms with Crippen LogP contribution in [0.1, 0.15) is 38.1 Å². The number of hydrogen-bond donors (Lipinski definition) is 1. The molecule has 1 unspecified atom stereocenters. The number of aryl methyl sites for hydroxylation is 1. The molecule has 7 heteroatoms. The van der Waals surface area contributed by atoms with Crippen molar-refractivity contribution in [3.63, 3.8) is 0 Å². The number of carbonyl (C=O) groups is 1. The monoisotopic (exact) mass is 431 g/mol. The third kappa shape index (κ3) is 4.40. The van der Waals surface area contributed by atoms with Crippen LogP contribution in [-0.2, 0) is 9.53 Å². The Bertz CT molecular complexity index is 1100. The minimum absolute atomic E-state index is 0.129. The van der Waals surface area contributed by atoms with Gasteiger partial charge in [-0.2, -0.15) is 0 Å². The summed E-state index contributed by atoms with van der Waals surface area (Å²) >= 11 is 6.23. The Labute approximate surface area is 179 Å². The first-order valence-electron chi connectivity index (χ1n) is 9.63. The molecule has 30 heavy (non-hydrogen) atoms. The first kappa shape index (κ1) is 22.0. The van der Waals surface area contributed by atoms with Gasteiger partial charge in [0.05, 0.1) is 18.2 Å². The zero-order valence-corrected chi connectivity index (χ0v) is 18.0. The van der Waals surface area contributed by atoms with Gasteiger partial charge in [0.2, 0.25) is 0 Å². The Morgan fingerprint density at radius 3 is 2.57 bits per heavy atom. The molecule has 1 heterocycles. The molecule has 0 fully saturated rings. The van der Waals surface area contributed by atoms with Crippen LogP contribution in [0.3, 0.4) is 0 Å². The smallest absolute Gasteiger partial charge is 0.337 e. The quantitative estimate of drug-likeness (QED) is 0.500. The summed E-state index contributed by atoms with van der Waals surface area (Å²) in [5.74, 6) is -1.56. The first-order valence-corrected chi connectivity index (χ1v) is 10.0. The topological polar surface area (TPSA) is 68.7 Å². The van der Waals surface area contributed by atoms with Crippen molar-refractivity contribution in [2.45, 2.75) is 39.9 Å². The van der Waals surface area contributed by atoms with Gasteiger partial charge in [0.15, 0.2) is 17.7 Å². The fraction of sp³-hybridized carbons (Fsp3) is 0.304. The Morgan fingerprint density at radius 1 is 1.23 bits per heavy atom. The normalized spacial score (nSPS) is 12.4. The molecule has 0 aliphatic heterocycles. The lowest BCUT2D eigenvalue weighted by Crippen LogP contribution is -2.21. The maximum atomic E-state index is 14.7. The molecule has 0 saturated carbocycles. The Morgan fingerprint density at radius 2 is 1.97 bits per heavy atom. The van der Waals surface area contributed by atoms with Gasteiger partial charge in [-0.25, -0.2) is 9.18 Å². The van der Waals surface area contributed by atoms with Gasteiger partial charge in [-0.3, -0.25) is 4.98 Å². The van der Waals surface area contributed by atoms with E-state index in [1.54, 1.807) is 52.0 Å². The summed E-state index contributed by atoms with van der Waals surface area (Å²) in [4.78, 5) is 16.7. The third-order valence-electron chi connectivity index (χ3n) is 4.59. The molecular formula is C23H23ClFNO4. The molecule has 158 valence electrons. The van der Waals surface area contributed by atoms with E-state index in [4.69, 9.17) is 21.1 Å². The lowest BCUT2D eigenvalue weighted by atomic mass is 9.91. The van der Waals surface area contributed by atoms with E-state index >= 15 is 0 Å². The molecule has 2 aromatic carbocycles. The van der Waals surface area contributed by atoms with Gasteiger partial charge >= 0.3 is 5.97 Å². The molecule has 0 spiro atoms. The predicted octanol–water partition coefficient (Wildman–Crippen LogP) is 5.95. The van der Waals surface area contributed by atoms with Gasteiger partial charge in [0.1, 0.15) is 0 Å². The maximum absolute atomic E-state index is 14.7. The number of nitrogens with zero attached hydrogens (tertiary/aromatic N) is 1. The summed E-state index contributed by atoms with van der Waals surface area (Å²) in [5, 5.41) is 11.0. The summed E-state index contributed by atoms with van der Waals surface area (Å²) < 4.78 is 25.7. The second-order valence-corrected chi connectivity index (χ2v) is 7.57. The van der Waals surface area contributed by atoms with Crippen molar-refractivity contribution in [3.8, 4) is 16.9 Å². The minimum atomic E-state index is -1.27. The Balaban J connectivity index is 2.38. The molecule has 3 rings (SSSR count). The first-order chi connectivity index (χ1) is 14.2. The van der Waals surface area contributed by atoms with Crippen LogP contribution in [0.25, 0.3) is 22.0 Å². The molecule has 1 atom stereocenters. The largest absolute Gasteiger partial charge is 0.491 e. The van der Waals surface area contributed by atoms with Crippen LogP contribution in [0.4, 0.5) is 4.39 Å². The van der Waals surface area contributed by atoms with E-state index in [1.165, 1.54) is 12.1 Å². The third-order valence-corrected chi connectivity index (χ3v) is 4.83. The number of carboxylic acids is 1. The number of rotatable bonds is 7. The average Bonchev–Trinajstić information content (AvgIpc) is 2.67. The van der Waals surface area contributed by atoms with Gasteiger partial charge in [-0.15, -0.1) is 0 Å². The molecule has 5 nitrogen and oxygen atoms in total. The summed E-state index contributed by atoms with van der Waals surface area (Å²) in [6, 6.07) is 9.71. The molecule has 0 aliphatic rings. The minimum Gasteiger partial charge on any atom is -0.491 e. The number of fused-ring (bicyclic) bond motifs is 1. The van der Waals surface area contributed by atoms with Crippen LogP contribution in [0.15, 0.2) is 36.4 Å². The SMILES string of the molecule is CCOc1ccc(-c2c(C(OC(C)C)C(=O)O)c(C)nc3ccc(Cl)cc23)cc1F. The average molecular weight is 432 g/mol. The van der Waals surface area contributed by atoms with Crippen LogP contribution in [0.2, 0.25) is 5.02 Å². The zero-order chi connectivity index (χ0) is 22.0. The predicted molar refractivity (Wildman–Crippen MR) is 115 cm³/mol. The van der Waals surface area contributed by atoms with Crippen LogP contribution < -0.4 is 4.74 Å². The molecular weight excluding hydrogens is 409 g/mol. The van der Waals surface area contributed by atoms with Crippen LogP contribution in [-0.4, -0.2) is 28.8 Å². The molecule has 0 amide bonds. The number of ether oxygens (including phenoxy) is 2. The van der Waals surface area contributed by atoms with Crippen molar-refractivity contribution in [2.75, 3.05) is 6.61 Å². The van der Waals surface area contributed by atoms with Crippen molar-refractivity contribution in [1.82, 2.24) is 4.98 Å².